The van der Waals surface area contributed by atoms with Crippen LogP contribution in [0.15, 0.2) is 38.1 Å². The molecule has 0 saturated carbocycles. The molecule has 2 nitrogen and oxygen atoms in total. The van der Waals surface area contributed by atoms with Crippen molar-refractivity contribution in [2.75, 3.05) is 0 Å². The molecule has 0 amide bonds. The van der Waals surface area contributed by atoms with Gasteiger partial charge in [0.25, 0.3) is 0 Å². The number of halogens is 1. The maximum atomic E-state index is 11.0. The quantitative estimate of drug-likeness (QED) is 0.182. The molecule has 21 heavy (non-hydrogen) atoms. The SMILES string of the molecule is C=C.C=CCl.C=COC(=O)CCCCCCCCCCC. The highest BCUT2D eigenvalue weighted by Gasteiger charge is 1.99. The number of carbonyl (C=O) groups is 1. The van der Waals surface area contributed by atoms with E-state index in [2.05, 4.69) is 38.0 Å². The summed E-state index contributed by atoms with van der Waals surface area (Å²) in [5.41, 5.74) is 1.22. The Morgan fingerprint density at radius 2 is 1.33 bits per heavy atom. The Morgan fingerprint density at radius 1 is 0.952 bits per heavy atom. The average Bonchev–Trinajstić information content (AvgIpc) is 2.49. The third kappa shape index (κ3) is 32.5. The summed E-state index contributed by atoms with van der Waals surface area (Å²) in [6.45, 7) is 14.7. The first-order chi connectivity index (χ1) is 10.2. The molecular formula is C18H33ClO2. The van der Waals surface area contributed by atoms with E-state index in [-0.39, 0.29) is 5.97 Å². The third-order valence-electron chi connectivity index (χ3n) is 2.70. The van der Waals surface area contributed by atoms with Crippen molar-refractivity contribution in [2.45, 2.75) is 71.1 Å². The van der Waals surface area contributed by atoms with Crippen LogP contribution in [0.5, 0.6) is 0 Å². The van der Waals surface area contributed by atoms with E-state index in [4.69, 9.17) is 11.6 Å². The fraction of sp³-hybridized carbons (Fsp3) is 0.611. The topological polar surface area (TPSA) is 26.3 Å². The summed E-state index contributed by atoms with van der Waals surface area (Å²) in [5, 5.41) is 0. The first-order valence-corrected chi connectivity index (χ1v) is 8.18. The number of carbonyl (C=O) groups excluding carboxylic acids is 1. The van der Waals surface area contributed by atoms with Gasteiger partial charge in [0.05, 0.1) is 6.26 Å². The smallest absolute Gasteiger partial charge is 0.310 e. The molecule has 3 heteroatoms. The number of unbranched alkanes of at least 4 members (excludes halogenated alkanes) is 8. The van der Waals surface area contributed by atoms with E-state index in [0.29, 0.717) is 6.42 Å². The molecule has 0 unspecified atom stereocenters. The predicted molar refractivity (Wildman–Crippen MR) is 95.4 cm³/mol. The van der Waals surface area contributed by atoms with Gasteiger partial charge in [0.15, 0.2) is 0 Å². The van der Waals surface area contributed by atoms with Crippen LogP contribution in [0.4, 0.5) is 0 Å². The Morgan fingerprint density at radius 3 is 1.71 bits per heavy atom. The van der Waals surface area contributed by atoms with Gasteiger partial charge in [-0.1, -0.05) is 83.0 Å². The number of hydrogen-bond acceptors (Lipinski definition) is 2. The van der Waals surface area contributed by atoms with Crippen LogP contribution in [0, 0.1) is 0 Å². The first-order valence-electron chi connectivity index (χ1n) is 7.74. The lowest BCUT2D eigenvalue weighted by Crippen LogP contribution is -1.98. The molecule has 0 fully saturated rings. The zero-order valence-corrected chi connectivity index (χ0v) is 14.5. The monoisotopic (exact) mass is 316 g/mol. The van der Waals surface area contributed by atoms with Crippen molar-refractivity contribution >= 4 is 17.6 Å². The lowest BCUT2D eigenvalue weighted by atomic mass is 10.1. The Labute approximate surface area is 136 Å². The summed E-state index contributed by atoms with van der Waals surface area (Å²) >= 11 is 4.76. The molecule has 0 aromatic heterocycles. The van der Waals surface area contributed by atoms with Crippen molar-refractivity contribution in [3.8, 4) is 0 Å². The third-order valence-corrected chi connectivity index (χ3v) is 2.70. The fourth-order valence-electron chi connectivity index (χ4n) is 1.73. The standard InChI is InChI=1S/C14H26O2.C2H3Cl.C2H4/c1-3-5-6-7-8-9-10-11-12-13-14(15)16-4-2;1-2-3;1-2/h4H,2-3,5-13H2,1H3;2H,1H2;1-2H2. The molecule has 0 atom stereocenters. The van der Waals surface area contributed by atoms with Gasteiger partial charge in [0, 0.05) is 6.42 Å². The Hall–Kier alpha value is -1.02. The number of rotatable bonds is 11. The summed E-state index contributed by atoms with van der Waals surface area (Å²) < 4.78 is 4.64. The van der Waals surface area contributed by atoms with Crippen LogP contribution in [0.25, 0.3) is 0 Å². The summed E-state index contributed by atoms with van der Waals surface area (Å²) in [5.74, 6) is -0.155. The minimum Gasteiger partial charge on any atom is -0.435 e. The molecule has 0 saturated heterocycles. The highest BCUT2D eigenvalue weighted by molar-refractivity contribution is 6.25. The minimum absolute atomic E-state index is 0.155. The maximum Gasteiger partial charge on any atom is 0.310 e. The van der Waals surface area contributed by atoms with Crippen LogP contribution >= 0.6 is 11.6 Å². The Bertz CT molecular complexity index is 227. The number of esters is 1. The fourth-order valence-corrected chi connectivity index (χ4v) is 1.73. The summed E-state index contributed by atoms with van der Waals surface area (Å²) in [6.07, 6.45) is 13.1. The van der Waals surface area contributed by atoms with E-state index in [1.807, 2.05) is 0 Å². The molecule has 0 aromatic rings. The van der Waals surface area contributed by atoms with Crippen LogP contribution in [0.3, 0.4) is 0 Å². The van der Waals surface area contributed by atoms with Gasteiger partial charge in [0.1, 0.15) is 0 Å². The predicted octanol–water partition coefficient (Wildman–Crippen LogP) is 6.76. The lowest BCUT2D eigenvalue weighted by Gasteiger charge is -2.01. The molecule has 0 rings (SSSR count). The van der Waals surface area contributed by atoms with Crippen LogP contribution in [-0.4, -0.2) is 5.97 Å². The molecule has 0 heterocycles. The van der Waals surface area contributed by atoms with Gasteiger partial charge in [-0.3, -0.25) is 4.79 Å². The van der Waals surface area contributed by atoms with Gasteiger partial charge in [0.2, 0.25) is 0 Å². The average molecular weight is 317 g/mol. The zero-order valence-electron chi connectivity index (χ0n) is 13.7. The molecule has 0 bridgehead atoms. The van der Waals surface area contributed by atoms with Gasteiger partial charge >= 0.3 is 5.97 Å². The van der Waals surface area contributed by atoms with E-state index in [0.717, 1.165) is 12.8 Å². The van der Waals surface area contributed by atoms with Crippen molar-refractivity contribution in [1.29, 1.82) is 0 Å². The first kappa shape index (κ1) is 25.0. The summed E-state index contributed by atoms with van der Waals surface area (Å²) in [6, 6.07) is 0. The van der Waals surface area contributed by atoms with Crippen LogP contribution in [0.2, 0.25) is 0 Å². The van der Waals surface area contributed by atoms with Gasteiger partial charge in [-0.2, -0.15) is 0 Å². The van der Waals surface area contributed by atoms with E-state index in [9.17, 15) is 4.79 Å². The van der Waals surface area contributed by atoms with Crippen molar-refractivity contribution in [1.82, 2.24) is 0 Å². The van der Waals surface area contributed by atoms with Gasteiger partial charge in [-0.25, -0.2) is 0 Å². The lowest BCUT2D eigenvalue weighted by molar-refractivity contribution is -0.138. The highest BCUT2D eigenvalue weighted by atomic mass is 35.5. The molecule has 0 N–H and O–H groups in total. The normalized spacial score (nSPS) is 8.48. The van der Waals surface area contributed by atoms with Gasteiger partial charge in [-0.05, 0) is 12.0 Å². The molecule has 0 aliphatic rings. The second-order valence-corrected chi connectivity index (χ2v) is 4.70. The van der Waals surface area contributed by atoms with E-state index in [1.54, 1.807) is 0 Å². The minimum atomic E-state index is -0.155. The van der Waals surface area contributed by atoms with Crippen molar-refractivity contribution in [3.63, 3.8) is 0 Å². The van der Waals surface area contributed by atoms with Crippen LogP contribution in [0.1, 0.15) is 71.1 Å². The summed E-state index contributed by atoms with van der Waals surface area (Å²) in [7, 11) is 0. The zero-order chi connectivity index (χ0) is 16.8. The van der Waals surface area contributed by atoms with Crippen molar-refractivity contribution in [2.24, 2.45) is 0 Å². The van der Waals surface area contributed by atoms with E-state index in [1.165, 1.54) is 56.7 Å². The van der Waals surface area contributed by atoms with Crippen LogP contribution in [-0.2, 0) is 9.53 Å². The van der Waals surface area contributed by atoms with Crippen molar-refractivity contribution < 1.29 is 9.53 Å². The summed E-state index contributed by atoms with van der Waals surface area (Å²) in [4.78, 5) is 11.0. The highest BCUT2D eigenvalue weighted by Crippen LogP contribution is 2.10. The Balaban J connectivity index is -0.000000569. The molecule has 124 valence electrons. The van der Waals surface area contributed by atoms with Gasteiger partial charge in [-0.15, -0.1) is 13.2 Å². The molecule has 0 aromatic carbocycles. The van der Waals surface area contributed by atoms with Gasteiger partial charge < -0.3 is 4.74 Å². The molecule has 0 aliphatic carbocycles. The molecule has 0 radical (unpaired) electrons. The largest absolute Gasteiger partial charge is 0.435 e. The van der Waals surface area contributed by atoms with Crippen molar-refractivity contribution in [3.05, 3.63) is 38.1 Å². The molecule has 0 spiro atoms. The number of ether oxygens (including phenoxy) is 1. The van der Waals surface area contributed by atoms with Crippen LogP contribution < -0.4 is 0 Å². The van der Waals surface area contributed by atoms with E-state index >= 15 is 0 Å². The second kappa shape index (κ2) is 27.3. The second-order valence-electron chi connectivity index (χ2n) is 4.39. The molecular weight excluding hydrogens is 284 g/mol. The molecule has 0 aliphatic heterocycles. The maximum absolute atomic E-state index is 11.0. The Kier molecular flexibility index (Phi) is 32.5. The number of hydrogen-bond donors (Lipinski definition) is 0. The van der Waals surface area contributed by atoms with E-state index < -0.39 is 0 Å².